The minimum absolute atomic E-state index is 0.00598. The molecule has 0 aliphatic heterocycles. The van der Waals surface area contributed by atoms with Gasteiger partial charge >= 0.3 is 5.97 Å². The van der Waals surface area contributed by atoms with E-state index in [2.05, 4.69) is 35.9 Å². The number of H-pyrrole nitrogens is 3. The maximum atomic E-state index is 14.1. The summed E-state index contributed by atoms with van der Waals surface area (Å²) in [6.07, 6.45) is 6.56. The van der Waals surface area contributed by atoms with Crippen molar-refractivity contribution in [3.8, 4) is 5.75 Å². The topological polar surface area (TPSA) is 231 Å². The lowest BCUT2D eigenvalue weighted by Gasteiger charge is -2.25. The van der Waals surface area contributed by atoms with Crippen molar-refractivity contribution in [2.45, 2.75) is 49.9 Å². The number of amides is 3. The van der Waals surface area contributed by atoms with Crippen LogP contribution in [-0.2, 0) is 44.9 Å². The number of phenolic OH excluding ortho intramolecular Hbond substituents is 1. The van der Waals surface area contributed by atoms with E-state index in [1.54, 1.807) is 24.5 Å². The zero-order valence-corrected chi connectivity index (χ0v) is 27.4. The molecule has 10 N–H and O–H groups in total. The Balaban J connectivity index is 1.23. The summed E-state index contributed by atoms with van der Waals surface area (Å²) in [6.45, 7) is 0. The van der Waals surface area contributed by atoms with Crippen LogP contribution in [0.25, 0.3) is 21.8 Å². The number of carboxylic acids is 1. The molecule has 0 aliphatic carbocycles. The Hall–Kier alpha value is -6.41. The first-order valence-electron chi connectivity index (χ1n) is 16.4. The number of aromatic nitrogens is 4. The number of nitrogens with two attached hydrogens (primary N) is 1. The number of hydrogen-bond donors (Lipinski definition) is 9. The Morgan fingerprint density at radius 1 is 0.667 bits per heavy atom. The Morgan fingerprint density at radius 2 is 1.20 bits per heavy atom. The number of aromatic hydroxyl groups is 1. The van der Waals surface area contributed by atoms with Crippen molar-refractivity contribution >= 4 is 45.5 Å². The normalized spacial score (nSPS) is 13.7. The summed E-state index contributed by atoms with van der Waals surface area (Å²) >= 11 is 0. The number of hydrogen-bond acceptors (Lipinski definition) is 7. The largest absolute Gasteiger partial charge is 0.508 e. The highest BCUT2D eigenvalue weighted by Crippen LogP contribution is 2.21. The second kappa shape index (κ2) is 15.4. The summed E-state index contributed by atoms with van der Waals surface area (Å²) in [6, 6.07) is 16.5. The maximum Gasteiger partial charge on any atom is 0.326 e. The number of nitrogens with zero attached hydrogens (tertiary/aromatic N) is 1. The molecule has 0 spiro atoms. The molecule has 4 unspecified atom stereocenters. The molecule has 0 bridgehead atoms. The van der Waals surface area contributed by atoms with E-state index in [1.807, 2.05) is 48.5 Å². The minimum atomic E-state index is -1.31. The third-order valence-electron chi connectivity index (χ3n) is 8.79. The molecular weight excluding hydrogens is 652 g/mol. The first-order valence-corrected chi connectivity index (χ1v) is 16.4. The molecule has 14 nitrogen and oxygen atoms in total. The van der Waals surface area contributed by atoms with Gasteiger partial charge in [-0.05, 0) is 47.4 Å². The molecule has 0 fully saturated rings. The zero-order chi connectivity index (χ0) is 35.9. The number of aromatic amines is 3. The molecule has 6 aromatic rings. The van der Waals surface area contributed by atoms with Gasteiger partial charge in [0.25, 0.3) is 0 Å². The van der Waals surface area contributed by atoms with E-state index in [0.717, 1.165) is 27.4 Å². The average molecular weight is 691 g/mol. The Morgan fingerprint density at radius 3 is 1.76 bits per heavy atom. The number of carbonyl (C=O) groups excluding carboxylic acids is 3. The van der Waals surface area contributed by atoms with Gasteiger partial charge in [-0.1, -0.05) is 48.5 Å². The van der Waals surface area contributed by atoms with E-state index in [-0.39, 0.29) is 31.4 Å². The predicted octanol–water partition coefficient (Wildman–Crippen LogP) is 2.21. The second-order valence-corrected chi connectivity index (χ2v) is 12.4. The lowest BCUT2D eigenvalue weighted by atomic mass is 10.0. The third-order valence-corrected chi connectivity index (χ3v) is 8.79. The van der Waals surface area contributed by atoms with Crippen molar-refractivity contribution < 1.29 is 29.4 Å². The van der Waals surface area contributed by atoms with E-state index in [9.17, 15) is 29.4 Å². The summed E-state index contributed by atoms with van der Waals surface area (Å²) in [5.74, 6) is -3.16. The Kier molecular flexibility index (Phi) is 10.4. The van der Waals surface area contributed by atoms with Crippen LogP contribution >= 0.6 is 0 Å². The van der Waals surface area contributed by atoms with Crippen LogP contribution in [-0.4, -0.2) is 78.0 Å². The van der Waals surface area contributed by atoms with Gasteiger partial charge in [0.2, 0.25) is 17.7 Å². The number of para-hydroxylation sites is 2. The van der Waals surface area contributed by atoms with Crippen LogP contribution in [0.3, 0.4) is 0 Å². The van der Waals surface area contributed by atoms with Gasteiger partial charge < -0.3 is 46.8 Å². The number of carbonyl (C=O) groups is 4. The number of imidazole rings is 1. The third kappa shape index (κ3) is 8.43. The van der Waals surface area contributed by atoms with Crippen LogP contribution in [0.4, 0.5) is 0 Å². The molecule has 0 radical (unpaired) electrons. The highest BCUT2D eigenvalue weighted by molar-refractivity contribution is 5.95. The summed E-state index contributed by atoms with van der Waals surface area (Å²) < 4.78 is 0. The van der Waals surface area contributed by atoms with Crippen LogP contribution in [0, 0.1) is 0 Å². The number of rotatable bonds is 15. The van der Waals surface area contributed by atoms with Crippen LogP contribution < -0.4 is 21.7 Å². The van der Waals surface area contributed by atoms with Crippen molar-refractivity contribution in [3.63, 3.8) is 0 Å². The monoisotopic (exact) mass is 690 g/mol. The van der Waals surface area contributed by atoms with Gasteiger partial charge in [0.1, 0.15) is 23.9 Å². The average Bonchev–Trinajstić information content (AvgIpc) is 3.89. The van der Waals surface area contributed by atoms with E-state index >= 15 is 0 Å². The van der Waals surface area contributed by atoms with E-state index in [4.69, 9.17) is 5.73 Å². The fraction of sp³-hybridized carbons (Fsp3) is 0.216. The van der Waals surface area contributed by atoms with Crippen molar-refractivity contribution in [1.82, 2.24) is 35.9 Å². The molecule has 0 saturated heterocycles. The molecule has 3 aromatic carbocycles. The smallest absolute Gasteiger partial charge is 0.326 e. The summed E-state index contributed by atoms with van der Waals surface area (Å²) in [5.41, 5.74) is 10.6. The van der Waals surface area contributed by atoms with Gasteiger partial charge in [-0.25, -0.2) is 9.78 Å². The highest BCUT2D eigenvalue weighted by Gasteiger charge is 2.32. The number of carboxylic acid groups (broad SMARTS) is 1. The number of nitrogens with one attached hydrogen (secondary N) is 6. The molecule has 4 atom stereocenters. The van der Waals surface area contributed by atoms with Gasteiger partial charge in [0.05, 0.1) is 12.4 Å². The molecule has 0 saturated carbocycles. The van der Waals surface area contributed by atoms with E-state index in [1.165, 1.54) is 24.7 Å². The Labute approximate surface area is 291 Å². The highest BCUT2D eigenvalue weighted by atomic mass is 16.4. The maximum absolute atomic E-state index is 14.1. The fourth-order valence-electron chi connectivity index (χ4n) is 6.08. The molecule has 0 aliphatic rings. The second-order valence-electron chi connectivity index (χ2n) is 12.4. The van der Waals surface area contributed by atoms with Gasteiger partial charge in [0.15, 0.2) is 0 Å². The number of phenols is 1. The van der Waals surface area contributed by atoms with E-state index < -0.39 is 47.9 Å². The van der Waals surface area contributed by atoms with Crippen LogP contribution in [0.5, 0.6) is 5.75 Å². The molecule has 3 aromatic heterocycles. The van der Waals surface area contributed by atoms with Crippen molar-refractivity contribution in [1.29, 1.82) is 0 Å². The lowest BCUT2D eigenvalue weighted by Crippen LogP contribution is -2.58. The first kappa shape index (κ1) is 34.5. The van der Waals surface area contributed by atoms with Gasteiger partial charge in [-0.15, -0.1) is 0 Å². The molecule has 262 valence electrons. The molecule has 6 rings (SSSR count). The van der Waals surface area contributed by atoms with E-state index in [0.29, 0.717) is 16.8 Å². The minimum Gasteiger partial charge on any atom is -0.508 e. The van der Waals surface area contributed by atoms with Crippen molar-refractivity contribution in [3.05, 3.63) is 120 Å². The van der Waals surface area contributed by atoms with Crippen molar-refractivity contribution in [2.24, 2.45) is 5.73 Å². The molecular formula is C37H38N8O6. The van der Waals surface area contributed by atoms with Crippen molar-refractivity contribution in [2.75, 3.05) is 0 Å². The fourth-order valence-corrected chi connectivity index (χ4v) is 6.08. The lowest BCUT2D eigenvalue weighted by molar-refractivity contribution is -0.142. The SMILES string of the molecule is NC(Cc1ccc(O)cc1)C(=O)NC(Cc1c[nH]c2ccccc12)C(=O)NC(Cc1cnc[nH]1)C(=O)NC(Cc1c[nH]c2ccccc12)C(=O)O. The molecule has 3 heterocycles. The van der Waals surface area contributed by atoms with Crippen LogP contribution in [0.15, 0.2) is 97.7 Å². The molecule has 51 heavy (non-hydrogen) atoms. The summed E-state index contributed by atoms with van der Waals surface area (Å²) in [4.78, 5) is 66.9. The van der Waals surface area contributed by atoms with Gasteiger partial charge in [-0.3, -0.25) is 14.4 Å². The summed E-state index contributed by atoms with van der Waals surface area (Å²) in [5, 5.41) is 29.5. The number of fused-ring (bicyclic) bond motifs is 2. The number of aliphatic carboxylic acids is 1. The van der Waals surface area contributed by atoms with Gasteiger partial charge in [-0.2, -0.15) is 0 Å². The Bertz CT molecular complexity index is 2140. The van der Waals surface area contributed by atoms with Crippen LogP contribution in [0.2, 0.25) is 0 Å². The molecule has 3 amide bonds. The first-order chi connectivity index (χ1) is 24.6. The van der Waals surface area contributed by atoms with Gasteiger partial charge in [0, 0.05) is 65.4 Å². The summed E-state index contributed by atoms with van der Waals surface area (Å²) in [7, 11) is 0. The predicted molar refractivity (Wildman–Crippen MR) is 190 cm³/mol. The standard InChI is InChI=1S/C37H38N8O6/c38-28(13-21-9-11-25(46)12-10-21)34(47)43-31(14-22-17-40-29-7-3-1-5-26(22)29)35(48)44-32(16-24-19-39-20-42-24)36(49)45-33(37(50)51)15-23-18-41-30-8-4-2-6-27(23)30/h1-12,17-20,28,31-33,40-41,46H,13-16,38H2,(H,39,42)(H,43,47)(H,44,48)(H,45,49)(H,50,51). The quantitative estimate of drug-likeness (QED) is 0.0774. The molecule has 14 heteroatoms. The van der Waals surface area contributed by atoms with Crippen LogP contribution in [0.1, 0.15) is 22.4 Å². The number of benzene rings is 3. The zero-order valence-electron chi connectivity index (χ0n) is 27.4.